The smallest absolute Gasteiger partial charge is 0.123 e. The van der Waals surface area contributed by atoms with E-state index in [4.69, 9.17) is 10.5 Å². The molecule has 0 bridgehead atoms. The molecule has 0 fully saturated rings. The SMILES string of the molecule is COc1ccc(C)cc1C(N)CSc1ncccc1Br. The zero-order valence-electron chi connectivity index (χ0n) is 11.5. The van der Waals surface area contributed by atoms with Gasteiger partial charge in [-0.15, -0.1) is 11.8 Å². The number of hydrogen-bond acceptors (Lipinski definition) is 4. The predicted octanol–water partition coefficient (Wildman–Crippen LogP) is 3.95. The fourth-order valence-corrected chi connectivity index (χ4v) is 3.34. The topological polar surface area (TPSA) is 48.1 Å². The van der Waals surface area contributed by atoms with Gasteiger partial charge in [0.1, 0.15) is 10.8 Å². The van der Waals surface area contributed by atoms with Gasteiger partial charge >= 0.3 is 0 Å². The minimum Gasteiger partial charge on any atom is -0.496 e. The number of nitrogens with two attached hydrogens (primary N) is 1. The number of ether oxygens (including phenoxy) is 1. The summed E-state index contributed by atoms with van der Waals surface area (Å²) in [4.78, 5) is 4.33. The Kier molecular flexibility index (Phi) is 5.46. The number of thioether (sulfide) groups is 1. The largest absolute Gasteiger partial charge is 0.496 e. The lowest BCUT2D eigenvalue weighted by Crippen LogP contribution is -2.14. The normalized spacial score (nSPS) is 12.2. The van der Waals surface area contributed by atoms with E-state index >= 15 is 0 Å². The number of benzene rings is 1. The highest BCUT2D eigenvalue weighted by atomic mass is 79.9. The van der Waals surface area contributed by atoms with E-state index in [1.54, 1.807) is 25.1 Å². The Morgan fingerprint density at radius 3 is 2.90 bits per heavy atom. The maximum atomic E-state index is 6.29. The van der Waals surface area contributed by atoms with E-state index < -0.39 is 0 Å². The molecule has 1 heterocycles. The third-order valence-corrected chi connectivity index (χ3v) is 4.94. The molecule has 0 saturated heterocycles. The third-order valence-electron chi connectivity index (χ3n) is 2.91. The summed E-state index contributed by atoms with van der Waals surface area (Å²) in [6, 6.07) is 9.86. The summed E-state index contributed by atoms with van der Waals surface area (Å²) < 4.78 is 6.38. The Hall–Kier alpha value is -1.04. The van der Waals surface area contributed by atoms with Crippen molar-refractivity contribution in [2.45, 2.75) is 18.0 Å². The van der Waals surface area contributed by atoms with Gasteiger partial charge in [-0.2, -0.15) is 0 Å². The van der Waals surface area contributed by atoms with Crippen LogP contribution in [0.25, 0.3) is 0 Å². The van der Waals surface area contributed by atoms with Crippen molar-refractivity contribution in [2.75, 3.05) is 12.9 Å². The zero-order chi connectivity index (χ0) is 14.5. The quantitative estimate of drug-likeness (QED) is 0.827. The Morgan fingerprint density at radius 2 is 2.20 bits per heavy atom. The minimum absolute atomic E-state index is 0.0937. The van der Waals surface area contributed by atoms with E-state index in [-0.39, 0.29) is 6.04 Å². The van der Waals surface area contributed by atoms with Crippen LogP contribution in [0.2, 0.25) is 0 Å². The van der Waals surface area contributed by atoms with Gasteiger partial charge < -0.3 is 10.5 Å². The Balaban J connectivity index is 2.11. The monoisotopic (exact) mass is 352 g/mol. The van der Waals surface area contributed by atoms with Crippen LogP contribution < -0.4 is 10.5 Å². The highest BCUT2D eigenvalue weighted by Crippen LogP contribution is 2.31. The summed E-state index contributed by atoms with van der Waals surface area (Å²) in [7, 11) is 1.67. The van der Waals surface area contributed by atoms with Crippen LogP contribution in [-0.2, 0) is 0 Å². The van der Waals surface area contributed by atoms with Crippen LogP contribution in [0.5, 0.6) is 5.75 Å². The molecule has 0 spiro atoms. The Morgan fingerprint density at radius 1 is 1.40 bits per heavy atom. The van der Waals surface area contributed by atoms with Crippen LogP contribution in [0.3, 0.4) is 0 Å². The molecule has 0 amide bonds. The van der Waals surface area contributed by atoms with Crippen LogP contribution in [-0.4, -0.2) is 17.8 Å². The maximum absolute atomic E-state index is 6.29. The number of aromatic nitrogens is 1. The predicted molar refractivity (Wildman–Crippen MR) is 87.3 cm³/mol. The number of rotatable bonds is 5. The Labute approximate surface area is 132 Å². The average molecular weight is 353 g/mol. The van der Waals surface area contributed by atoms with E-state index in [2.05, 4.69) is 33.9 Å². The van der Waals surface area contributed by atoms with Crippen LogP contribution in [0.15, 0.2) is 46.0 Å². The lowest BCUT2D eigenvalue weighted by Gasteiger charge is -2.16. The molecule has 0 saturated carbocycles. The second kappa shape index (κ2) is 7.11. The molecule has 1 atom stereocenters. The average Bonchev–Trinajstić information content (AvgIpc) is 2.46. The molecular formula is C15H17BrN2OS. The van der Waals surface area contributed by atoms with Crippen molar-refractivity contribution < 1.29 is 4.74 Å². The summed E-state index contributed by atoms with van der Waals surface area (Å²) in [6.45, 7) is 2.05. The molecule has 1 aromatic carbocycles. The molecule has 1 aromatic heterocycles. The van der Waals surface area contributed by atoms with Crippen LogP contribution in [0, 0.1) is 6.92 Å². The van der Waals surface area contributed by atoms with Crippen molar-refractivity contribution in [3.05, 3.63) is 52.1 Å². The number of methoxy groups -OCH3 is 1. The summed E-state index contributed by atoms with van der Waals surface area (Å²) in [5, 5.41) is 0.953. The first-order valence-corrected chi connectivity index (χ1v) is 8.03. The first kappa shape index (κ1) is 15.4. The van der Waals surface area contributed by atoms with Crippen molar-refractivity contribution in [3.8, 4) is 5.75 Å². The molecule has 0 aliphatic rings. The molecular weight excluding hydrogens is 336 g/mol. The summed E-state index contributed by atoms with van der Waals surface area (Å²) in [6.07, 6.45) is 1.78. The fourth-order valence-electron chi connectivity index (χ4n) is 1.88. The van der Waals surface area contributed by atoms with Gasteiger partial charge in [-0.3, -0.25) is 0 Å². The summed E-state index contributed by atoms with van der Waals surface area (Å²) >= 11 is 5.13. The molecule has 2 rings (SSSR count). The lowest BCUT2D eigenvalue weighted by molar-refractivity contribution is 0.407. The first-order chi connectivity index (χ1) is 9.61. The van der Waals surface area contributed by atoms with Crippen molar-refractivity contribution in [2.24, 2.45) is 5.73 Å². The highest BCUT2D eigenvalue weighted by molar-refractivity contribution is 9.10. The molecule has 2 aromatic rings. The van der Waals surface area contributed by atoms with Crippen LogP contribution in [0.1, 0.15) is 17.2 Å². The van der Waals surface area contributed by atoms with E-state index in [1.807, 2.05) is 24.3 Å². The van der Waals surface area contributed by atoms with Crippen molar-refractivity contribution in [1.29, 1.82) is 0 Å². The van der Waals surface area contributed by atoms with Crippen molar-refractivity contribution in [1.82, 2.24) is 4.98 Å². The number of aryl methyl sites for hydroxylation is 1. The number of pyridine rings is 1. The standard InChI is InChI=1S/C15H17BrN2OS/c1-10-5-6-14(19-2)11(8-10)13(17)9-20-15-12(16)4-3-7-18-15/h3-8,13H,9,17H2,1-2H3. The number of halogens is 1. The van der Waals surface area contributed by atoms with Crippen LogP contribution >= 0.6 is 27.7 Å². The second-order valence-electron chi connectivity index (χ2n) is 4.45. The molecule has 0 aliphatic carbocycles. The van der Waals surface area contributed by atoms with E-state index in [9.17, 15) is 0 Å². The van der Waals surface area contributed by atoms with Crippen LogP contribution in [0.4, 0.5) is 0 Å². The van der Waals surface area contributed by atoms with Gasteiger partial charge in [0.15, 0.2) is 0 Å². The second-order valence-corrected chi connectivity index (χ2v) is 6.32. The van der Waals surface area contributed by atoms with Gasteiger partial charge in [0.25, 0.3) is 0 Å². The van der Waals surface area contributed by atoms with Gasteiger partial charge in [0, 0.05) is 28.0 Å². The van der Waals surface area contributed by atoms with E-state index in [0.717, 1.165) is 26.6 Å². The van der Waals surface area contributed by atoms with Gasteiger partial charge in [0.05, 0.1) is 7.11 Å². The molecule has 5 heteroatoms. The fraction of sp³-hybridized carbons (Fsp3) is 0.267. The molecule has 1 unspecified atom stereocenters. The first-order valence-electron chi connectivity index (χ1n) is 6.25. The molecule has 106 valence electrons. The number of hydrogen-bond donors (Lipinski definition) is 1. The van der Waals surface area contributed by atoms with E-state index in [1.165, 1.54) is 5.56 Å². The zero-order valence-corrected chi connectivity index (χ0v) is 13.9. The molecule has 0 radical (unpaired) electrons. The third kappa shape index (κ3) is 3.75. The van der Waals surface area contributed by atoms with E-state index in [0.29, 0.717) is 0 Å². The molecule has 20 heavy (non-hydrogen) atoms. The highest BCUT2D eigenvalue weighted by Gasteiger charge is 2.13. The van der Waals surface area contributed by atoms with Crippen molar-refractivity contribution in [3.63, 3.8) is 0 Å². The Bertz CT molecular complexity index is 592. The van der Waals surface area contributed by atoms with Gasteiger partial charge in [0.2, 0.25) is 0 Å². The maximum Gasteiger partial charge on any atom is 0.123 e. The molecule has 3 nitrogen and oxygen atoms in total. The lowest BCUT2D eigenvalue weighted by atomic mass is 10.1. The van der Waals surface area contributed by atoms with Gasteiger partial charge in [-0.25, -0.2) is 4.98 Å². The molecule has 2 N–H and O–H groups in total. The summed E-state index contributed by atoms with van der Waals surface area (Å²) in [5.74, 6) is 1.58. The number of nitrogens with zero attached hydrogens (tertiary/aromatic N) is 1. The van der Waals surface area contributed by atoms with Gasteiger partial charge in [-0.05, 0) is 41.1 Å². The van der Waals surface area contributed by atoms with Gasteiger partial charge in [-0.1, -0.05) is 17.7 Å². The molecule has 0 aliphatic heterocycles. The summed E-state index contributed by atoms with van der Waals surface area (Å²) in [5.41, 5.74) is 8.51. The minimum atomic E-state index is -0.0937. The van der Waals surface area contributed by atoms with Crippen molar-refractivity contribution >= 4 is 27.7 Å².